The van der Waals surface area contributed by atoms with Crippen molar-refractivity contribution in [3.8, 4) is 0 Å². The topological polar surface area (TPSA) is 82.5 Å². The van der Waals surface area contributed by atoms with Crippen LogP contribution in [0.2, 0.25) is 5.02 Å². The lowest BCUT2D eigenvalue weighted by Gasteiger charge is -2.19. The Morgan fingerprint density at radius 3 is 2.40 bits per heavy atom. The minimum Gasteiger partial charge on any atom is -0.480 e. The van der Waals surface area contributed by atoms with Gasteiger partial charge in [0.05, 0.1) is 10.6 Å². The first-order valence-corrected chi connectivity index (χ1v) is 6.48. The van der Waals surface area contributed by atoms with Crippen molar-refractivity contribution in [3.05, 3.63) is 22.8 Å². The van der Waals surface area contributed by atoms with Gasteiger partial charge in [-0.05, 0) is 12.0 Å². The molecule has 20 heavy (non-hydrogen) atoms. The van der Waals surface area contributed by atoms with Crippen molar-refractivity contribution in [2.45, 2.75) is 19.9 Å². The highest BCUT2D eigenvalue weighted by Gasteiger charge is 2.23. The fourth-order valence-corrected chi connectivity index (χ4v) is 1.80. The number of carbonyl (C=O) groups excluding carboxylic acids is 1. The molecule has 0 spiro atoms. The highest BCUT2D eigenvalue weighted by Crippen LogP contribution is 2.22. The zero-order chi connectivity index (χ0) is 15.4. The molecule has 2 N–H and O–H groups in total. The van der Waals surface area contributed by atoms with Crippen molar-refractivity contribution in [2.24, 2.45) is 5.92 Å². The van der Waals surface area contributed by atoms with Gasteiger partial charge in [0.1, 0.15) is 11.9 Å². The van der Waals surface area contributed by atoms with Crippen LogP contribution in [0.4, 0.5) is 5.82 Å². The number of carbonyl (C=O) groups is 2. The smallest absolute Gasteiger partial charge is 0.326 e. The van der Waals surface area contributed by atoms with Crippen LogP contribution in [-0.2, 0) is 4.79 Å². The van der Waals surface area contributed by atoms with E-state index in [2.05, 4.69) is 10.3 Å². The van der Waals surface area contributed by atoms with Gasteiger partial charge in [-0.25, -0.2) is 9.78 Å². The van der Waals surface area contributed by atoms with Crippen molar-refractivity contribution in [1.82, 2.24) is 9.88 Å². The number of hydrogen-bond acceptors (Lipinski definition) is 4. The lowest BCUT2D eigenvalue weighted by molar-refractivity contribution is -0.138. The predicted molar refractivity (Wildman–Crippen MR) is 77.1 cm³/mol. The number of anilines is 1. The molecule has 0 bridgehead atoms. The second-order valence-corrected chi connectivity index (χ2v) is 5.37. The molecule has 1 heterocycles. The molecule has 0 radical (unpaired) electrons. The molecule has 1 aromatic heterocycles. The molecule has 1 rings (SSSR count). The summed E-state index contributed by atoms with van der Waals surface area (Å²) in [5.41, 5.74) is 0.349. The molecule has 1 atom stereocenters. The van der Waals surface area contributed by atoms with Gasteiger partial charge in [-0.3, -0.25) is 4.79 Å². The molecule has 0 aliphatic rings. The lowest BCUT2D eigenvalue weighted by atomic mass is 10.0. The van der Waals surface area contributed by atoms with Crippen molar-refractivity contribution in [2.75, 3.05) is 19.4 Å². The summed E-state index contributed by atoms with van der Waals surface area (Å²) in [6.07, 6.45) is 1.37. The third-order valence-corrected chi connectivity index (χ3v) is 3.01. The molecule has 1 aromatic rings. The summed E-state index contributed by atoms with van der Waals surface area (Å²) in [6, 6.07) is 0.675. The van der Waals surface area contributed by atoms with Crippen LogP contribution in [0.25, 0.3) is 0 Å². The molecule has 6 nitrogen and oxygen atoms in total. The van der Waals surface area contributed by atoms with Gasteiger partial charge in [-0.15, -0.1) is 0 Å². The molecule has 7 heteroatoms. The number of nitrogens with zero attached hydrogens (tertiary/aromatic N) is 2. The van der Waals surface area contributed by atoms with Crippen LogP contribution in [0.3, 0.4) is 0 Å². The Labute approximate surface area is 122 Å². The number of nitrogens with one attached hydrogen (secondary N) is 1. The van der Waals surface area contributed by atoms with Crippen LogP contribution in [-0.4, -0.2) is 47.0 Å². The quantitative estimate of drug-likeness (QED) is 0.868. The van der Waals surface area contributed by atoms with Crippen molar-refractivity contribution < 1.29 is 14.7 Å². The number of pyridine rings is 1. The second-order valence-electron chi connectivity index (χ2n) is 4.96. The molecule has 0 aliphatic carbocycles. The first-order chi connectivity index (χ1) is 9.23. The average Bonchev–Trinajstić information content (AvgIpc) is 2.35. The van der Waals surface area contributed by atoms with E-state index >= 15 is 0 Å². The molecule has 0 aliphatic heterocycles. The minimum atomic E-state index is -0.980. The van der Waals surface area contributed by atoms with Gasteiger partial charge in [0.2, 0.25) is 0 Å². The molecule has 0 saturated carbocycles. The molecule has 110 valence electrons. The van der Waals surface area contributed by atoms with Crippen molar-refractivity contribution in [3.63, 3.8) is 0 Å². The van der Waals surface area contributed by atoms with E-state index in [1.807, 2.05) is 0 Å². The number of carboxylic acids is 1. The molecule has 0 aromatic carbocycles. The van der Waals surface area contributed by atoms with Crippen LogP contribution >= 0.6 is 11.6 Å². The van der Waals surface area contributed by atoms with Gasteiger partial charge in [0, 0.05) is 20.3 Å². The largest absolute Gasteiger partial charge is 0.480 e. The third kappa shape index (κ3) is 3.84. The monoisotopic (exact) mass is 299 g/mol. The number of aliphatic carboxylic acids is 1. The van der Waals surface area contributed by atoms with Crippen molar-refractivity contribution in [1.29, 1.82) is 0 Å². The Kier molecular flexibility index (Phi) is 5.33. The Hall–Kier alpha value is -1.82. The van der Waals surface area contributed by atoms with E-state index in [0.717, 1.165) is 0 Å². The van der Waals surface area contributed by atoms with E-state index in [1.165, 1.54) is 17.2 Å². The normalized spacial score (nSPS) is 12.1. The van der Waals surface area contributed by atoms with Gasteiger partial charge in [-0.2, -0.15) is 0 Å². The third-order valence-electron chi connectivity index (χ3n) is 2.72. The zero-order valence-electron chi connectivity index (χ0n) is 11.8. The van der Waals surface area contributed by atoms with Crippen LogP contribution in [0.1, 0.15) is 24.2 Å². The Morgan fingerprint density at radius 1 is 1.40 bits per heavy atom. The first kappa shape index (κ1) is 16.2. The summed E-state index contributed by atoms with van der Waals surface area (Å²) in [5, 5.41) is 12.1. The molecule has 0 unspecified atom stereocenters. The van der Waals surface area contributed by atoms with Gasteiger partial charge < -0.3 is 15.3 Å². The number of halogens is 1. The van der Waals surface area contributed by atoms with Gasteiger partial charge in [-0.1, -0.05) is 25.4 Å². The maximum absolute atomic E-state index is 11.8. The van der Waals surface area contributed by atoms with E-state index in [9.17, 15) is 9.59 Å². The van der Waals surface area contributed by atoms with E-state index in [4.69, 9.17) is 16.7 Å². The Bertz CT molecular complexity index is 518. The van der Waals surface area contributed by atoms with Crippen LogP contribution < -0.4 is 5.32 Å². The Morgan fingerprint density at radius 2 is 2.00 bits per heavy atom. The van der Waals surface area contributed by atoms with E-state index in [-0.39, 0.29) is 22.7 Å². The number of rotatable bonds is 5. The lowest BCUT2D eigenvalue weighted by Crippen LogP contribution is -2.34. The maximum atomic E-state index is 11.8. The van der Waals surface area contributed by atoms with E-state index in [0.29, 0.717) is 5.56 Å². The van der Waals surface area contributed by atoms with Gasteiger partial charge in [0.15, 0.2) is 0 Å². The summed E-state index contributed by atoms with van der Waals surface area (Å²) < 4.78 is 0. The molecule has 1 amide bonds. The predicted octanol–water partition coefficient (Wildman–Crippen LogP) is 1.96. The average molecular weight is 300 g/mol. The number of hydrogen-bond donors (Lipinski definition) is 2. The summed E-state index contributed by atoms with van der Waals surface area (Å²) in [6.45, 7) is 3.56. The van der Waals surface area contributed by atoms with Crippen LogP contribution in [0.5, 0.6) is 0 Å². The fraction of sp³-hybridized carbons (Fsp3) is 0.462. The summed E-state index contributed by atoms with van der Waals surface area (Å²) in [4.78, 5) is 28.3. The van der Waals surface area contributed by atoms with Crippen LogP contribution in [0, 0.1) is 5.92 Å². The van der Waals surface area contributed by atoms with Crippen LogP contribution in [0.15, 0.2) is 12.3 Å². The highest BCUT2D eigenvalue weighted by atomic mass is 35.5. The molecular formula is C13H18ClN3O3. The summed E-state index contributed by atoms with van der Waals surface area (Å²) in [5.74, 6) is -1.08. The van der Waals surface area contributed by atoms with Gasteiger partial charge in [0.25, 0.3) is 5.91 Å². The first-order valence-electron chi connectivity index (χ1n) is 6.10. The summed E-state index contributed by atoms with van der Waals surface area (Å²) >= 11 is 6.04. The standard InChI is InChI=1S/C13H18ClN3O3/c1-7(2)10(13(19)20)16-11-9(14)5-8(6-15-11)12(18)17(3)4/h5-7,10H,1-4H3,(H,15,16)(H,19,20)/t10-/m0/s1. The molecule has 0 saturated heterocycles. The molecular weight excluding hydrogens is 282 g/mol. The van der Waals surface area contributed by atoms with Crippen molar-refractivity contribution >= 4 is 29.3 Å². The zero-order valence-corrected chi connectivity index (χ0v) is 12.6. The number of carboxylic acid groups (broad SMARTS) is 1. The second kappa shape index (κ2) is 6.56. The van der Waals surface area contributed by atoms with E-state index < -0.39 is 12.0 Å². The minimum absolute atomic E-state index is 0.131. The maximum Gasteiger partial charge on any atom is 0.326 e. The van der Waals surface area contributed by atoms with Gasteiger partial charge >= 0.3 is 5.97 Å². The molecule has 0 fully saturated rings. The van der Waals surface area contributed by atoms with E-state index in [1.54, 1.807) is 27.9 Å². The summed E-state index contributed by atoms with van der Waals surface area (Å²) in [7, 11) is 3.25. The SMILES string of the molecule is CC(C)[C@H](Nc1ncc(C(=O)N(C)C)cc1Cl)C(=O)O. The fourth-order valence-electron chi connectivity index (χ4n) is 1.58. The Balaban J connectivity index is 2.99. The highest BCUT2D eigenvalue weighted by molar-refractivity contribution is 6.33. The number of aromatic nitrogens is 1. The number of amides is 1.